The number of amides is 1. The van der Waals surface area contributed by atoms with Crippen molar-refractivity contribution in [1.29, 1.82) is 0 Å². The second-order valence-corrected chi connectivity index (χ2v) is 3.88. The molecule has 0 bridgehead atoms. The maximum Gasteiger partial charge on any atom is 0.407 e. The van der Waals surface area contributed by atoms with Crippen LogP contribution in [0.1, 0.15) is 5.56 Å². The molecule has 0 radical (unpaired) electrons. The van der Waals surface area contributed by atoms with Crippen LogP contribution in [0, 0.1) is 0 Å². The van der Waals surface area contributed by atoms with E-state index in [4.69, 9.17) is 14.6 Å². The van der Waals surface area contributed by atoms with Crippen molar-refractivity contribution in [1.82, 2.24) is 5.32 Å². The summed E-state index contributed by atoms with van der Waals surface area (Å²) >= 11 is 0. The smallest absolute Gasteiger partial charge is 0.407 e. The molecule has 1 aliphatic heterocycles. The third kappa shape index (κ3) is 3.18. The third-order valence-corrected chi connectivity index (χ3v) is 2.60. The summed E-state index contributed by atoms with van der Waals surface area (Å²) in [7, 11) is 0. The van der Waals surface area contributed by atoms with Gasteiger partial charge in [0.1, 0.15) is 6.10 Å². The van der Waals surface area contributed by atoms with Crippen LogP contribution in [0.2, 0.25) is 0 Å². The van der Waals surface area contributed by atoms with Crippen LogP contribution in [0.4, 0.5) is 4.79 Å². The Morgan fingerprint density at radius 3 is 2.82 bits per heavy atom. The number of nitrogens with one attached hydrogen (secondary N) is 1. The first kappa shape index (κ1) is 11.9. The average Bonchev–Trinajstić information content (AvgIpc) is 2.71. The largest absolute Gasteiger partial charge is 0.441 e. The molecule has 0 saturated carbocycles. The number of hydrogen-bond acceptors (Lipinski definition) is 4. The highest BCUT2D eigenvalue weighted by Crippen LogP contribution is 2.09. The molecule has 2 rings (SSSR count). The van der Waals surface area contributed by atoms with Gasteiger partial charge in [-0.2, -0.15) is 0 Å². The number of aliphatic hydroxyl groups is 1. The summed E-state index contributed by atoms with van der Waals surface area (Å²) in [6.07, 6.45) is -1.02. The van der Waals surface area contributed by atoms with Crippen LogP contribution >= 0.6 is 0 Å². The number of rotatable bonds is 5. The first-order valence-corrected chi connectivity index (χ1v) is 5.49. The lowest BCUT2D eigenvalue weighted by Gasteiger charge is -2.14. The molecule has 1 aromatic carbocycles. The van der Waals surface area contributed by atoms with Crippen LogP contribution in [-0.2, 0) is 16.1 Å². The molecule has 0 aromatic heterocycles. The molecule has 0 aliphatic carbocycles. The quantitative estimate of drug-likeness (QED) is 0.790. The lowest BCUT2D eigenvalue weighted by molar-refractivity contribution is 0.0450. The minimum absolute atomic E-state index is 0.196. The summed E-state index contributed by atoms with van der Waals surface area (Å²) in [4.78, 5) is 11.0. The van der Waals surface area contributed by atoms with Crippen LogP contribution in [-0.4, -0.2) is 36.6 Å². The predicted molar refractivity (Wildman–Crippen MR) is 60.4 cm³/mol. The number of cyclic esters (lactones) is 1. The Labute approximate surface area is 99.3 Å². The summed E-state index contributed by atoms with van der Waals surface area (Å²) in [6.45, 7) is 0.606. The molecule has 5 heteroatoms. The highest BCUT2D eigenvalue weighted by atomic mass is 16.6. The molecule has 1 saturated heterocycles. The van der Waals surface area contributed by atoms with Crippen LogP contribution in [0.5, 0.6) is 0 Å². The molecule has 1 fully saturated rings. The molecule has 2 N–H and O–H groups in total. The standard InChI is InChI=1S/C12H15NO4/c14-6-11-10(13-12(15)17-11)8-16-7-9-4-2-1-3-5-9/h1-5,10-11,14H,6-8H2,(H,13,15)/t10-,11+/m1/s1. The number of carbonyl (C=O) groups excluding carboxylic acids is 1. The Hall–Kier alpha value is -1.59. The lowest BCUT2D eigenvalue weighted by Crippen LogP contribution is -2.37. The van der Waals surface area contributed by atoms with Gasteiger partial charge in [0.05, 0.1) is 25.9 Å². The van der Waals surface area contributed by atoms with Crippen LogP contribution in [0.3, 0.4) is 0 Å². The maximum atomic E-state index is 11.0. The first-order valence-electron chi connectivity index (χ1n) is 5.49. The predicted octanol–water partition coefficient (Wildman–Crippen LogP) is 0.672. The van der Waals surface area contributed by atoms with Crippen molar-refractivity contribution in [2.24, 2.45) is 0 Å². The van der Waals surface area contributed by atoms with Gasteiger partial charge in [-0.25, -0.2) is 4.79 Å². The molecule has 1 aliphatic rings. The van der Waals surface area contributed by atoms with Crippen molar-refractivity contribution in [2.45, 2.75) is 18.8 Å². The minimum Gasteiger partial charge on any atom is -0.441 e. The van der Waals surface area contributed by atoms with Crippen molar-refractivity contribution < 1.29 is 19.4 Å². The van der Waals surface area contributed by atoms with Crippen molar-refractivity contribution in [3.05, 3.63) is 35.9 Å². The molecule has 1 aromatic rings. The van der Waals surface area contributed by atoms with E-state index in [9.17, 15) is 4.79 Å². The van der Waals surface area contributed by atoms with Gasteiger partial charge in [-0.3, -0.25) is 0 Å². The number of benzene rings is 1. The zero-order valence-corrected chi connectivity index (χ0v) is 9.33. The third-order valence-electron chi connectivity index (χ3n) is 2.60. The van der Waals surface area contributed by atoms with Gasteiger partial charge in [-0.05, 0) is 5.56 Å². The van der Waals surface area contributed by atoms with E-state index in [-0.39, 0.29) is 12.6 Å². The second-order valence-electron chi connectivity index (χ2n) is 3.88. The molecule has 0 spiro atoms. The van der Waals surface area contributed by atoms with E-state index in [1.807, 2.05) is 30.3 Å². The summed E-state index contributed by atoms with van der Waals surface area (Å²) in [5, 5.41) is 11.6. The van der Waals surface area contributed by atoms with Gasteiger partial charge in [-0.15, -0.1) is 0 Å². The zero-order valence-electron chi connectivity index (χ0n) is 9.33. The molecule has 0 unspecified atom stereocenters. The summed E-state index contributed by atoms with van der Waals surface area (Å²) in [6, 6.07) is 9.47. The maximum absolute atomic E-state index is 11.0. The SMILES string of the molecule is O=C1N[C@H](COCc2ccccc2)[C@H](CO)O1. The summed E-state index contributed by atoms with van der Waals surface area (Å²) < 4.78 is 10.3. The number of carbonyl (C=O) groups is 1. The van der Waals surface area contributed by atoms with Crippen LogP contribution < -0.4 is 5.32 Å². The molecular formula is C12H15NO4. The summed E-state index contributed by atoms with van der Waals surface area (Å²) in [5.41, 5.74) is 1.07. The number of aliphatic hydroxyl groups excluding tert-OH is 1. The molecule has 17 heavy (non-hydrogen) atoms. The molecule has 92 valence electrons. The van der Waals surface area contributed by atoms with E-state index in [0.29, 0.717) is 13.2 Å². The Balaban J connectivity index is 1.77. The van der Waals surface area contributed by atoms with Gasteiger partial charge in [0.2, 0.25) is 0 Å². The monoisotopic (exact) mass is 237 g/mol. The topological polar surface area (TPSA) is 67.8 Å². The molecule has 5 nitrogen and oxygen atoms in total. The molecule has 1 heterocycles. The van der Waals surface area contributed by atoms with E-state index < -0.39 is 12.2 Å². The van der Waals surface area contributed by atoms with Crippen molar-refractivity contribution >= 4 is 6.09 Å². The minimum atomic E-state index is -0.515. The number of alkyl carbamates (subject to hydrolysis) is 1. The van der Waals surface area contributed by atoms with E-state index in [0.717, 1.165) is 5.56 Å². The fraction of sp³-hybridized carbons (Fsp3) is 0.417. The van der Waals surface area contributed by atoms with E-state index in [1.54, 1.807) is 0 Å². The zero-order chi connectivity index (χ0) is 12.1. The first-order chi connectivity index (χ1) is 8.29. The average molecular weight is 237 g/mol. The van der Waals surface area contributed by atoms with Gasteiger partial charge in [-0.1, -0.05) is 30.3 Å². The fourth-order valence-electron chi connectivity index (χ4n) is 1.69. The summed E-state index contributed by atoms with van der Waals surface area (Å²) in [5.74, 6) is 0. The van der Waals surface area contributed by atoms with Crippen molar-refractivity contribution in [3.63, 3.8) is 0 Å². The molecular weight excluding hydrogens is 222 g/mol. The van der Waals surface area contributed by atoms with Gasteiger partial charge >= 0.3 is 6.09 Å². The van der Waals surface area contributed by atoms with Crippen molar-refractivity contribution in [2.75, 3.05) is 13.2 Å². The Bertz CT molecular complexity index is 368. The molecule has 2 atom stereocenters. The Morgan fingerprint density at radius 2 is 2.12 bits per heavy atom. The normalized spacial score (nSPS) is 23.2. The highest BCUT2D eigenvalue weighted by molar-refractivity contribution is 5.70. The number of hydrogen-bond donors (Lipinski definition) is 2. The number of ether oxygens (including phenoxy) is 2. The highest BCUT2D eigenvalue weighted by Gasteiger charge is 2.33. The Kier molecular flexibility index (Phi) is 3.95. The van der Waals surface area contributed by atoms with Gasteiger partial charge in [0.15, 0.2) is 0 Å². The van der Waals surface area contributed by atoms with Gasteiger partial charge < -0.3 is 19.9 Å². The van der Waals surface area contributed by atoms with E-state index in [1.165, 1.54) is 0 Å². The van der Waals surface area contributed by atoms with Crippen LogP contribution in [0.25, 0.3) is 0 Å². The van der Waals surface area contributed by atoms with E-state index >= 15 is 0 Å². The van der Waals surface area contributed by atoms with E-state index in [2.05, 4.69) is 5.32 Å². The second kappa shape index (κ2) is 5.65. The molecule has 1 amide bonds. The Morgan fingerprint density at radius 1 is 1.35 bits per heavy atom. The fourth-order valence-corrected chi connectivity index (χ4v) is 1.69. The van der Waals surface area contributed by atoms with Gasteiger partial charge in [0, 0.05) is 0 Å². The van der Waals surface area contributed by atoms with Crippen LogP contribution in [0.15, 0.2) is 30.3 Å². The lowest BCUT2D eigenvalue weighted by atomic mass is 10.2. The van der Waals surface area contributed by atoms with Gasteiger partial charge in [0.25, 0.3) is 0 Å². The van der Waals surface area contributed by atoms with Crippen molar-refractivity contribution in [3.8, 4) is 0 Å².